The van der Waals surface area contributed by atoms with Crippen molar-refractivity contribution in [3.63, 3.8) is 0 Å². The molecule has 0 radical (unpaired) electrons. The number of hydrogen-bond donors (Lipinski definition) is 1. The molecule has 6 nitrogen and oxygen atoms in total. The van der Waals surface area contributed by atoms with E-state index in [1.54, 1.807) is 6.92 Å². The highest BCUT2D eigenvalue weighted by atomic mass is 31.2. The van der Waals surface area contributed by atoms with Crippen LogP contribution in [0.4, 0.5) is 4.79 Å². The lowest BCUT2D eigenvalue weighted by Gasteiger charge is -2.36. The highest BCUT2D eigenvalue weighted by Gasteiger charge is 2.29. The van der Waals surface area contributed by atoms with Crippen LogP contribution in [0.2, 0.25) is 0 Å². The van der Waals surface area contributed by atoms with Gasteiger partial charge in [0.2, 0.25) is 0 Å². The highest BCUT2D eigenvalue weighted by Crippen LogP contribution is 2.45. The predicted octanol–water partition coefficient (Wildman–Crippen LogP) is 2.91. The lowest BCUT2D eigenvalue weighted by atomic mass is 10.3. The van der Waals surface area contributed by atoms with E-state index >= 15 is 0 Å². The minimum absolute atomic E-state index is 0.216. The van der Waals surface area contributed by atoms with Crippen molar-refractivity contribution >= 4 is 14.6 Å². The molecule has 1 unspecified atom stereocenters. The number of carbonyl (C=O) groups is 1. The van der Waals surface area contributed by atoms with E-state index in [0.29, 0.717) is 0 Å². The van der Waals surface area contributed by atoms with Gasteiger partial charge in [-0.15, -0.1) is 0 Å². The molecule has 1 amide bonds. The number of amides is 1. The summed E-state index contributed by atoms with van der Waals surface area (Å²) in [6.45, 7) is 10.1. The largest absolute Gasteiger partial charge is 0.463 e. The van der Waals surface area contributed by atoms with Crippen molar-refractivity contribution in [2.45, 2.75) is 46.7 Å². The third-order valence-electron chi connectivity index (χ3n) is 2.07. The molecule has 0 aromatic carbocycles. The molecule has 0 saturated heterocycles. The molecule has 0 aliphatic heterocycles. The van der Waals surface area contributed by atoms with Crippen LogP contribution in [0.5, 0.6) is 0 Å². The van der Waals surface area contributed by atoms with E-state index in [9.17, 15) is 4.79 Å². The van der Waals surface area contributed by atoms with Gasteiger partial charge in [0, 0.05) is 25.7 Å². The van der Waals surface area contributed by atoms with E-state index in [4.69, 9.17) is 14.3 Å². The molecule has 1 atom stereocenters. The first kappa shape index (κ1) is 16.6. The van der Waals surface area contributed by atoms with Gasteiger partial charge in [-0.3, -0.25) is 0 Å². The van der Waals surface area contributed by atoms with Gasteiger partial charge in [-0.25, -0.2) is 9.46 Å². The summed E-state index contributed by atoms with van der Waals surface area (Å²) < 4.78 is 12.7. The van der Waals surface area contributed by atoms with Gasteiger partial charge < -0.3 is 9.63 Å². The molecular weight excluding hydrogens is 243 g/mol. The van der Waals surface area contributed by atoms with Crippen LogP contribution in [0.1, 0.15) is 34.6 Å². The molecule has 0 rings (SSSR count). The molecule has 0 aliphatic rings. The fourth-order valence-corrected chi connectivity index (χ4v) is 2.90. The Kier molecular flexibility index (Phi) is 7.63. The van der Waals surface area contributed by atoms with Gasteiger partial charge in [-0.1, -0.05) is 0 Å². The molecule has 0 fully saturated rings. The van der Waals surface area contributed by atoms with E-state index in [1.807, 2.05) is 32.4 Å². The van der Waals surface area contributed by atoms with Crippen LogP contribution in [0.3, 0.4) is 0 Å². The molecular formula is C10H23N2O4P. The van der Waals surface area contributed by atoms with Gasteiger partial charge >= 0.3 is 6.09 Å². The van der Waals surface area contributed by atoms with Crippen LogP contribution in [-0.4, -0.2) is 46.7 Å². The summed E-state index contributed by atoms with van der Waals surface area (Å²) in [6, 6.07) is 0.433. The zero-order chi connectivity index (χ0) is 13.6. The zero-order valence-electron chi connectivity index (χ0n) is 11.4. The molecule has 102 valence electrons. The maximum Gasteiger partial charge on any atom is 0.431 e. The minimum Gasteiger partial charge on any atom is -0.463 e. The van der Waals surface area contributed by atoms with Crippen molar-refractivity contribution in [2.24, 2.45) is 0 Å². The lowest BCUT2D eigenvalue weighted by Crippen LogP contribution is -2.37. The van der Waals surface area contributed by atoms with E-state index in [0.717, 1.165) is 5.06 Å². The highest BCUT2D eigenvalue weighted by molar-refractivity contribution is 7.44. The Morgan fingerprint density at radius 2 is 1.76 bits per heavy atom. The maximum absolute atomic E-state index is 10.9. The number of carboxylic acid groups (broad SMARTS) is 1. The topological polar surface area (TPSA) is 62.2 Å². The van der Waals surface area contributed by atoms with E-state index in [2.05, 4.69) is 0 Å². The van der Waals surface area contributed by atoms with E-state index in [-0.39, 0.29) is 18.6 Å². The molecule has 0 aliphatic carbocycles. The molecule has 1 N–H and O–H groups in total. The van der Waals surface area contributed by atoms with Gasteiger partial charge in [-0.05, 0) is 34.6 Å². The van der Waals surface area contributed by atoms with Gasteiger partial charge in [0.05, 0.1) is 0 Å². The summed E-state index contributed by atoms with van der Waals surface area (Å²) in [5, 5.41) is 9.81. The second-order valence-corrected chi connectivity index (χ2v) is 5.51. The van der Waals surface area contributed by atoms with Crippen LogP contribution in [0, 0.1) is 0 Å². The Morgan fingerprint density at radius 3 is 2.00 bits per heavy atom. The van der Waals surface area contributed by atoms with Gasteiger partial charge in [-0.2, -0.15) is 9.69 Å². The van der Waals surface area contributed by atoms with Crippen molar-refractivity contribution in [1.29, 1.82) is 0 Å². The SMILES string of the molecule is CCN(OP(OC)N(C(C)C)C(C)C)C(=O)O. The van der Waals surface area contributed by atoms with Crippen LogP contribution in [0.15, 0.2) is 0 Å². The maximum atomic E-state index is 10.9. The first-order valence-corrected chi connectivity index (χ1v) is 6.79. The molecule has 0 aromatic rings. The summed E-state index contributed by atoms with van der Waals surface area (Å²) in [6.07, 6.45) is -1.11. The smallest absolute Gasteiger partial charge is 0.431 e. The van der Waals surface area contributed by atoms with E-state index < -0.39 is 14.6 Å². The van der Waals surface area contributed by atoms with Crippen molar-refractivity contribution in [1.82, 2.24) is 9.73 Å². The average molecular weight is 266 g/mol. The Balaban J connectivity index is 4.73. The molecule has 0 heterocycles. The standard InChI is InChI=1S/C10H23N2O4P/c1-7-11(10(13)14)16-17(15-6)12(8(2)3)9(4)5/h8-9H,7H2,1-6H3,(H,13,14). The Morgan fingerprint density at radius 1 is 1.29 bits per heavy atom. The Labute approximate surface area is 104 Å². The fourth-order valence-electron chi connectivity index (χ4n) is 1.46. The average Bonchev–Trinajstić information content (AvgIpc) is 2.21. The van der Waals surface area contributed by atoms with Crippen molar-refractivity contribution in [3.05, 3.63) is 0 Å². The van der Waals surface area contributed by atoms with Crippen molar-refractivity contribution < 1.29 is 19.0 Å². The lowest BCUT2D eigenvalue weighted by molar-refractivity contribution is -0.0428. The van der Waals surface area contributed by atoms with Gasteiger partial charge in [0.25, 0.3) is 8.53 Å². The Bertz CT molecular complexity index is 230. The monoisotopic (exact) mass is 266 g/mol. The molecule has 0 spiro atoms. The van der Waals surface area contributed by atoms with Crippen LogP contribution in [-0.2, 0) is 9.15 Å². The van der Waals surface area contributed by atoms with Crippen LogP contribution < -0.4 is 0 Å². The summed E-state index contributed by atoms with van der Waals surface area (Å²) in [5.41, 5.74) is 0. The summed E-state index contributed by atoms with van der Waals surface area (Å²) >= 11 is 0. The van der Waals surface area contributed by atoms with Crippen molar-refractivity contribution in [2.75, 3.05) is 13.7 Å². The number of rotatable bonds is 7. The minimum atomic E-state index is -1.40. The Hall–Kier alpha value is -0.420. The van der Waals surface area contributed by atoms with Crippen molar-refractivity contribution in [3.8, 4) is 0 Å². The molecule has 0 bridgehead atoms. The van der Waals surface area contributed by atoms with Crippen LogP contribution >= 0.6 is 8.53 Å². The number of hydrogen-bond acceptors (Lipinski definition) is 4. The zero-order valence-corrected chi connectivity index (χ0v) is 12.3. The number of hydroxylamine groups is 2. The summed E-state index contributed by atoms with van der Waals surface area (Å²) in [5.74, 6) is 0. The third kappa shape index (κ3) is 5.17. The molecule has 0 aromatic heterocycles. The normalized spacial score (nSPS) is 13.5. The first-order valence-electron chi connectivity index (χ1n) is 5.66. The van der Waals surface area contributed by atoms with E-state index in [1.165, 1.54) is 7.11 Å². The fraction of sp³-hybridized carbons (Fsp3) is 0.900. The molecule has 7 heteroatoms. The van der Waals surface area contributed by atoms with Crippen LogP contribution in [0.25, 0.3) is 0 Å². The predicted molar refractivity (Wildman–Crippen MR) is 67.5 cm³/mol. The van der Waals surface area contributed by atoms with Gasteiger partial charge in [0.15, 0.2) is 0 Å². The molecule has 0 saturated carbocycles. The molecule has 17 heavy (non-hydrogen) atoms. The summed E-state index contributed by atoms with van der Waals surface area (Å²) in [7, 11) is 0.127. The first-order chi connectivity index (χ1) is 7.84. The number of nitrogens with zero attached hydrogens (tertiary/aromatic N) is 2. The quantitative estimate of drug-likeness (QED) is 0.567. The summed E-state index contributed by atoms with van der Waals surface area (Å²) in [4.78, 5) is 10.9. The third-order valence-corrected chi connectivity index (χ3v) is 4.02. The second kappa shape index (κ2) is 7.82. The second-order valence-electron chi connectivity index (χ2n) is 4.05. The van der Waals surface area contributed by atoms with Gasteiger partial charge in [0.1, 0.15) is 0 Å².